The van der Waals surface area contributed by atoms with Crippen LogP contribution in [0.1, 0.15) is 71.1 Å². The second kappa shape index (κ2) is 9.11. The number of carbonyl (C=O) groups excluding carboxylic acids is 3. The molecule has 1 saturated heterocycles. The first kappa shape index (κ1) is 21.6. The topological polar surface area (TPSA) is 77.8 Å². The van der Waals surface area contributed by atoms with E-state index in [0.717, 1.165) is 37.8 Å². The van der Waals surface area contributed by atoms with Gasteiger partial charge in [-0.05, 0) is 52.0 Å². The third-order valence-electron chi connectivity index (χ3n) is 6.29. The second-order valence-corrected chi connectivity index (χ2v) is 8.07. The van der Waals surface area contributed by atoms with E-state index in [1.165, 1.54) is 7.11 Å². The van der Waals surface area contributed by atoms with Crippen LogP contribution in [0, 0.1) is 19.8 Å². The van der Waals surface area contributed by atoms with Crippen molar-refractivity contribution in [2.45, 2.75) is 65.5 Å². The number of hydrogen-bond donors (Lipinski definition) is 0. The van der Waals surface area contributed by atoms with E-state index in [4.69, 9.17) is 9.47 Å². The molecule has 0 radical (unpaired) electrons. The zero-order valence-electron chi connectivity index (χ0n) is 18.0. The Kier molecular flexibility index (Phi) is 6.77. The Labute approximate surface area is 172 Å². The Balaban J connectivity index is 1.86. The molecule has 2 heterocycles. The van der Waals surface area contributed by atoms with Gasteiger partial charge in [0.25, 0.3) is 0 Å². The lowest BCUT2D eigenvalue weighted by molar-refractivity contribution is -0.139. The van der Waals surface area contributed by atoms with E-state index >= 15 is 0 Å². The van der Waals surface area contributed by atoms with Crippen LogP contribution in [0.25, 0.3) is 0 Å². The number of aromatic nitrogens is 1. The van der Waals surface area contributed by atoms with Crippen LogP contribution in [0.4, 0.5) is 0 Å². The van der Waals surface area contributed by atoms with Crippen molar-refractivity contribution in [2.24, 2.45) is 5.92 Å². The molecule has 0 aromatic carbocycles. The van der Waals surface area contributed by atoms with Crippen molar-refractivity contribution in [1.29, 1.82) is 0 Å². The van der Waals surface area contributed by atoms with Crippen molar-refractivity contribution in [1.82, 2.24) is 9.47 Å². The smallest absolute Gasteiger partial charge is 0.354 e. The molecule has 160 valence electrons. The summed E-state index contributed by atoms with van der Waals surface area (Å²) in [4.78, 5) is 40.2. The summed E-state index contributed by atoms with van der Waals surface area (Å²) < 4.78 is 12.4. The molecule has 0 N–H and O–H groups in total. The maximum atomic E-state index is 13.3. The standard InChI is InChI=1S/C22H32N2O5/c1-5-24-15(3)19(14(2)20(24)22(27)28-4)18(25)13-23(12-17-10-7-11-29-17)21(26)16-8-6-9-16/h16-17H,5-13H2,1-4H3. The molecule has 1 unspecified atom stereocenters. The number of nitrogens with zero attached hydrogens (tertiary/aromatic N) is 2. The van der Waals surface area contributed by atoms with Crippen LogP contribution in [0.15, 0.2) is 0 Å². The first-order chi connectivity index (χ1) is 13.9. The number of esters is 1. The van der Waals surface area contributed by atoms with Gasteiger partial charge in [-0.25, -0.2) is 4.79 Å². The summed E-state index contributed by atoms with van der Waals surface area (Å²) in [6.07, 6.45) is 4.76. The molecule has 7 heteroatoms. The maximum absolute atomic E-state index is 13.3. The highest BCUT2D eigenvalue weighted by Crippen LogP contribution is 2.30. The van der Waals surface area contributed by atoms with Crippen LogP contribution in [-0.4, -0.2) is 60.0 Å². The lowest BCUT2D eigenvalue weighted by Crippen LogP contribution is -2.45. The molecule has 7 nitrogen and oxygen atoms in total. The zero-order chi connectivity index (χ0) is 21.1. The van der Waals surface area contributed by atoms with Gasteiger partial charge in [-0.15, -0.1) is 0 Å². The van der Waals surface area contributed by atoms with Crippen LogP contribution in [0.5, 0.6) is 0 Å². The zero-order valence-corrected chi connectivity index (χ0v) is 18.0. The molecule has 3 rings (SSSR count). The fraction of sp³-hybridized carbons (Fsp3) is 0.682. The maximum Gasteiger partial charge on any atom is 0.354 e. The minimum atomic E-state index is -0.451. The summed E-state index contributed by atoms with van der Waals surface area (Å²) in [6.45, 7) is 7.29. The number of carbonyl (C=O) groups is 3. The first-order valence-electron chi connectivity index (χ1n) is 10.6. The molecule has 2 aliphatic rings. The largest absolute Gasteiger partial charge is 0.464 e. The molecule has 1 saturated carbocycles. The summed E-state index contributed by atoms with van der Waals surface area (Å²) in [5, 5.41) is 0. The number of amides is 1. The van der Waals surface area contributed by atoms with Gasteiger partial charge in [0, 0.05) is 36.9 Å². The van der Waals surface area contributed by atoms with E-state index in [9.17, 15) is 14.4 Å². The number of ether oxygens (including phenoxy) is 2. The Hall–Kier alpha value is -2.15. The van der Waals surface area contributed by atoms with Gasteiger partial charge in [-0.2, -0.15) is 0 Å². The van der Waals surface area contributed by atoms with Crippen molar-refractivity contribution in [3.63, 3.8) is 0 Å². The van der Waals surface area contributed by atoms with Crippen molar-refractivity contribution in [2.75, 3.05) is 26.8 Å². The molecule has 1 amide bonds. The Morgan fingerprint density at radius 2 is 1.90 bits per heavy atom. The van der Waals surface area contributed by atoms with Gasteiger partial charge in [0.15, 0.2) is 5.78 Å². The number of ketones is 1. The SMILES string of the molecule is CCn1c(C)c(C(=O)CN(CC2CCCO2)C(=O)C2CCC2)c(C)c1C(=O)OC. The normalized spacial score (nSPS) is 19.1. The van der Waals surface area contributed by atoms with Gasteiger partial charge in [0.2, 0.25) is 5.91 Å². The highest BCUT2D eigenvalue weighted by molar-refractivity contribution is 6.04. The van der Waals surface area contributed by atoms with Gasteiger partial charge in [0.1, 0.15) is 5.69 Å². The molecule has 1 atom stereocenters. The number of Topliss-reactive ketones (excluding diaryl/α,β-unsaturated/α-hetero) is 1. The fourth-order valence-electron chi connectivity index (χ4n) is 4.49. The summed E-state index contributed by atoms with van der Waals surface area (Å²) in [5.74, 6) is -0.507. The summed E-state index contributed by atoms with van der Waals surface area (Å²) in [7, 11) is 1.34. The Morgan fingerprint density at radius 3 is 2.41 bits per heavy atom. The fourth-order valence-corrected chi connectivity index (χ4v) is 4.49. The third-order valence-corrected chi connectivity index (χ3v) is 6.29. The summed E-state index contributed by atoms with van der Waals surface area (Å²) in [6, 6.07) is 0. The van der Waals surface area contributed by atoms with Crippen LogP contribution in [-0.2, 0) is 20.8 Å². The monoisotopic (exact) mass is 404 g/mol. The predicted octanol–water partition coefficient (Wildman–Crippen LogP) is 2.90. The second-order valence-electron chi connectivity index (χ2n) is 8.07. The average molecular weight is 405 g/mol. The molecule has 1 aromatic rings. The van der Waals surface area contributed by atoms with Gasteiger partial charge in [-0.1, -0.05) is 6.42 Å². The predicted molar refractivity (Wildman–Crippen MR) is 108 cm³/mol. The van der Waals surface area contributed by atoms with Gasteiger partial charge in [-0.3, -0.25) is 9.59 Å². The van der Waals surface area contributed by atoms with E-state index in [2.05, 4.69) is 0 Å². The van der Waals surface area contributed by atoms with E-state index in [1.54, 1.807) is 11.8 Å². The quantitative estimate of drug-likeness (QED) is 0.492. The molecule has 1 aliphatic heterocycles. The van der Waals surface area contributed by atoms with E-state index in [0.29, 0.717) is 36.5 Å². The summed E-state index contributed by atoms with van der Waals surface area (Å²) >= 11 is 0. The molecular weight excluding hydrogens is 372 g/mol. The van der Waals surface area contributed by atoms with E-state index in [1.807, 2.05) is 18.4 Å². The minimum absolute atomic E-state index is 0.000101. The highest BCUT2D eigenvalue weighted by Gasteiger charge is 2.34. The van der Waals surface area contributed by atoms with Gasteiger partial charge >= 0.3 is 5.97 Å². The summed E-state index contributed by atoms with van der Waals surface area (Å²) in [5.41, 5.74) is 2.29. The third kappa shape index (κ3) is 4.25. The average Bonchev–Trinajstić information content (AvgIpc) is 3.24. The van der Waals surface area contributed by atoms with Crippen molar-refractivity contribution in [3.05, 3.63) is 22.5 Å². The van der Waals surface area contributed by atoms with Gasteiger partial charge in [0.05, 0.1) is 19.8 Å². The van der Waals surface area contributed by atoms with Crippen LogP contribution >= 0.6 is 0 Å². The van der Waals surface area contributed by atoms with Gasteiger partial charge < -0.3 is 18.9 Å². The molecule has 0 bridgehead atoms. The lowest BCUT2D eigenvalue weighted by atomic mass is 9.84. The number of methoxy groups -OCH3 is 1. The molecule has 29 heavy (non-hydrogen) atoms. The number of hydrogen-bond acceptors (Lipinski definition) is 5. The van der Waals surface area contributed by atoms with E-state index in [-0.39, 0.29) is 30.3 Å². The number of rotatable bonds is 8. The Morgan fingerprint density at radius 1 is 1.17 bits per heavy atom. The molecule has 1 aromatic heterocycles. The molecule has 1 aliphatic carbocycles. The van der Waals surface area contributed by atoms with E-state index < -0.39 is 5.97 Å². The van der Waals surface area contributed by atoms with Crippen molar-refractivity contribution >= 4 is 17.7 Å². The van der Waals surface area contributed by atoms with Crippen molar-refractivity contribution < 1.29 is 23.9 Å². The first-order valence-corrected chi connectivity index (χ1v) is 10.6. The molecule has 2 fully saturated rings. The molecule has 0 spiro atoms. The van der Waals surface area contributed by atoms with Crippen LogP contribution < -0.4 is 0 Å². The Bertz CT molecular complexity index is 788. The highest BCUT2D eigenvalue weighted by atomic mass is 16.5. The lowest BCUT2D eigenvalue weighted by Gasteiger charge is -2.32. The molecular formula is C22H32N2O5. The van der Waals surface area contributed by atoms with Crippen molar-refractivity contribution in [3.8, 4) is 0 Å². The van der Waals surface area contributed by atoms with Crippen LogP contribution in [0.2, 0.25) is 0 Å². The minimum Gasteiger partial charge on any atom is -0.464 e. The van der Waals surface area contributed by atoms with Crippen LogP contribution in [0.3, 0.4) is 0 Å².